The summed E-state index contributed by atoms with van der Waals surface area (Å²) in [6.07, 6.45) is 1.65. The van der Waals surface area contributed by atoms with Crippen LogP contribution in [0.1, 0.15) is 11.3 Å². The summed E-state index contributed by atoms with van der Waals surface area (Å²) in [4.78, 5) is 4.23. The summed E-state index contributed by atoms with van der Waals surface area (Å²) in [7, 11) is 1.86. The van der Waals surface area contributed by atoms with Crippen molar-refractivity contribution >= 4 is 11.6 Å². The number of ether oxygens (including phenoxy) is 1. The maximum absolute atomic E-state index is 13.2. The van der Waals surface area contributed by atoms with Gasteiger partial charge in [-0.25, -0.2) is 4.39 Å². The summed E-state index contributed by atoms with van der Waals surface area (Å²) in [6, 6.07) is 8.34. The lowest BCUT2D eigenvalue weighted by Crippen LogP contribution is -2.06. The number of rotatable bonds is 5. The van der Waals surface area contributed by atoms with Crippen LogP contribution in [0.3, 0.4) is 0 Å². The largest absolute Gasteiger partial charge is 0.487 e. The van der Waals surface area contributed by atoms with Gasteiger partial charge >= 0.3 is 0 Å². The molecule has 19 heavy (non-hydrogen) atoms. The molecule has 0 radical (unpaired) electrons. The molecule has 5 heteroatoms. The van der Waals surface area contributed by atoms with Crippen LogP contribution in [0.25, 0.3) is 0 Å². The van der Waals surface area contributed by atoms with E-state index in [-0.39, 0.29) is 11.6 Å². The van der Waals surface area contributed by atoms with E-state index in [2.05, 4.69) is 10.3 Å². The molecule has 0 atom stereocenters. The van der Waals surface area contributed by atoms with E-state index < -0.39 is 5.82 Å². The van der Waals surface area contributed by atoms with Crippen LogP contribution in [-0.4, -0.2) is 12.0 Å². The van der Waals surface area contributed by atoms with E-state index in [4.69, 9.17) is 16.3 Å². The van der Waals surface area contributed by atoms with Gasteiger partial charge in [-0.1, -0.05) is 17.7 Å². The minimum Gasteiger partial charge on any atom is -0.487 e. The van der Waals surface area contributed by atoms with E-state index in [1.165, 1.54) is 12.1 Å². The third kappa shape index (κ3) is 3.91. The Balaban J connectivity index is 1.96. The summed E-state index contributed by atoms with van der Waals surface area (Å²) in [5.74, 6) is 0.209. The molecule has 3 nitrogen and oxygen atoms in total. The fraction of sp³-hybridized carbons (Fsp3) is 0.214. The van der Waals surface area contributed by atoms with Crippen molar-refractivity contribution in [3.63, 3.8) is 0 Å². The first-order chi connectivity index (χ1) is 9.19. The van der Waals surface area contributed by atoms with Gasteiger partial charge in [0.25, 0.3) is 0 Å². The zero-order valence-corrected chi connectivity index (χ0v) is 11.2. The predicted octanol–water partition coefficient (Wildman–Crippen LogP) is 3.17. The van der Waals surface area contributed by atoms with Gasteiger partial charge in [-0.3, -0.25) is 4.98 Å². The Hall–Kier alpha value is -1.65. The first kappa shape index (κ1) is 13.8. The molecule has 100 valence electrons. The molecular weight excluding hydrogens is 267 g/mol. The lowest BCUT2D eigenvalue weighted by Gasteiger charge is -2.07. The Morgan fingerprint density at radius 3 is 2.79 bits per heavy atom. The molecule has 0 unspecified atom stereocenters. The van der Waals surface area contributed by atoms with Crippen molar-refractivity contribution in [2.75, 3.05) is 7.05 Å². The molecule has 1 aromatic heterocycles. The van der Waals surface area contributed by atoms with E-state index in [9.17, 15) is 4.39 Å². The van der Waals surface area contributed by atoms with Gasteiger partial charge in [0, 0.05) is 6.54 Å². The van der Waals surface area contributed by atoms with E-state index in [1.807, 2.05) is 19.2 Å². The lowest BCUT2D eigenvalue weighted by molar-refractivity contribution is 0.304. The number of hydrogen-bond donors (Lipinski definition) is 1. The van der Waals surface area contributed by atoms with Crippen molar-refractivity contribution in [1.29, 1.82) is 0 Å². The van der Waals surface area contributed by atoms with Gasteiger partial charge in [0.2, 0.25) is 0 Å². The molecule has 0 aliphatic rings. The van der Waals surface area contributed by atoms with Gasteiger partial charge in [-0.05, 0) is 36.9 Å². The van der Waals surface area contributed by atoms with Crippen LogP contribution in [0.15, 0.2) is 36.5 Å². The zero-order valence-electron chi connectivity index (χ0n) is 10.5. The van der Waals surface area contributed by atoms with Crippen molar-refractivity contribution in [1.82, 2.24) is 10.3 Å². The molecule has 0 aliphatic heterocycles. The standard InChI is InChI=1S/C14H14ClFN2O/c1-17-7-11-3-4-12(8-18-11)19-9-10-2-5-13(15)14(16)6-10/h2-6,8,17H,7,9H2,1H3. The fourth-order valence-electron chi connectivity index (χ4n) is 1.58. The molecule has 2 aromatic rings. The first-order valence-electron chi connectivity index (χ1n) is 5.85. The number of hydrogen-bond acceptors (Lipinski definition) is 3. The van der Waals surface area contributed by atoms with E-state index in [0.29, 0.717) is 12.3 Å². The molecule has 0 bridgehead atoms. The van der Waals surface area contributed by atoms with Gasteiger partial charge in [0.15, 0.2) is 0 Å². The molecule has 1 aromatic carbocycles. The quantitative estimate of drug-likeness (QED) is 0.913. The highest BCUT2D eigenvalue weighted by Gasteiger charge is 2.02. The van der Waals surface area contributed by atoms with Crippen LogP contribution in [0.2, 0.25) is 5.02 Å². The molecule has 0 saturated carbocycles. The number of pyridine rings is 1. The summed E-state index contributed by atoms with van der Waals surface area (Å²) in [5, 5.41) is 3.13. The van der Waals surface area contributed by atoms with Gasteiger partial charge in [-0.15, -0.1) is 0 Å². The van der Waals surface area contributed by atoms with Gasteiger partial charge in [-0.2, -0.15) is 0 Å². The second kappa shape index (κ2) is 6.50. The molecule has 0 amide bonds. The maximum Gasteiger partial charge on any atom is 0.142 e. The zero-order chi connectivity index (χ0) is 13.7. The summed E-state index contributed by atoms with van der Waals surface area (Å²) >= 11 is 5.61. The Morgan fingerprint density at radius 1 is 1.32 bits per heavy atom. The van der Waals surface area contributed by atoms with Crippen molar-refractivity contribution < 1.29 is 9.13 Å². The van der Waals surface area contributed by atoms with E-state index in [1.54, 1.807) is 12.3 Å². The average Bonchev–Trinajstić information content (AvgIpc) is 2.42. The van der Waals surface area contributed by atoms with Gasteiger partial charge < -0.3 is 10.1 Å². The first-order valence-corrected chi connectivity index (χ1v) is 6.23. The number of nitrogens with one attached hydrogen (secondary N) is 1. The minimum atomic E-state index is -0.440. The number of aromatic nitrogens is 1. The number of nitrogens with zero attached hydrogens (tertiary/aromatic N) is 1. The molecule has 1 N–H and O–H groups in total. The Kier molecular flexibility index (Phi) is 4.71. The number of halogens is 2. The van der Waals surface area contributed by atoms with Crippen LogP contribution in [0, 0.1) is 5.82 Å². The van der Waals surface area contributed by atoms with E-state index in [0.717, 1.165) is 11.3 Å². The van der Waals surface area contributed by atoms with E-state index >= 15 is 0 Å². The number of benzene rings is 1. The highest BCUT2D eigenvalue weighted by Crippen LogP contribution is 2.17. The van der Waals surface area contributed by atoms with Crippen LogP contribution in [0.5, 0.6) is 5.75 Å². The van der Waals surface area contributed by atoms with Crippen LogP contribution >= 0.6 is 11.6 Å². The summed E-state index contributed by atoms with van der Waals surface area (Å²) in [5.41, 5.74) is 1.66. The molecule has 0 aliphatic carbocycles. The molecule has 0 saturated heterocycles. The summed E-state index contributed by atoms with van der Waals surface area (Å²) in [6.45, 7) is 0.990. The van der Waals surface area contributed by atoms with Gasteiger partial charge in [0.1, 0.15) is 18.2 Å². The van der Waals surface area contributed by atoms with Crippen molar-refractivity contribution in [3.05, 3.63) is 58.6 Å². The summed E-state index contributed by atoms with van der Waals surface area (Å²) < 4.78 is 18.8. The molecule has 1 heterocycles. The smallest absolute Gasteiger partial charge is 0.142 e. The second-order valence-corrected chi connectivity index (χ2v) is 4.46. The van der Waals surface area contributed by atoms with Gasteiger partial charge in [0.05, 0.1) is 16.9 Å². The Morgan fingerprint density at radius 2 is 2.16 bits per heavy atom. The monoisotopic (exact) mass is 280 g/mol. The van der Waals surface area contributed by atoms with Crippen molar-refractivity contribution in [2.24, 2.45) is 0 Å². The maximum atomic E-state index is 13.2. The lowest BCUT2D eigenvalue weighted by atomic mass is 10.2. The molecular formula is C14H14ClFN2O. The fourth-order valence-corrected chi connectivity index (χ4v) is 1.70. The van der Waals surface area contributed by atoms with Crippen LogP contribution in [0.4, 0.5) is 4.39 Å². The van der Waals surface area contributed by atoms with Crippen molar-refractivity contribution in [3.8, 4) is 5.75 Å². The highest BCUT2D eigenvalue weighted by atomic mass is 35.5. The van der Waals surface area contributed by atoms with Crippen LogP contribution < -0.4 is 10.1 Å². The molecule has 2 rings (SSSR count). The predicted molar refractivity (Wildman–Crippen MR) is 72.7 cm³/mol. The Bertz CT molecular complexity index is 546. The third-order valence-electron chi connectivity index (χ3n) is 2.55. The minimum absolute atomic E-state index is 0.113. The average molecular weight is 281 g/mol. The third-order valence-corrected chi connectivity index (χ3v) is 2.85. The Labute approximate surface area is 116 Å². The second-order valence-electron chi connectivity index (χ2n) is 4.05. The normalized spacial score (nSPS) is 10.5. The highest BCUT2D eigenvalue weighted by molar-refractivity contribution is 6.30. The molecule has 0 spiro atoms. The van der Waals surface area contributed by atoms with Crippen molar-refractivity contribution in [2.45, 2.75) is 13.2 Å². The topological polar surface area (TPSA) is 34.1 Å². The molecule has 0 fully saturated rings. The van der Waals surface area contributed by atoms with Crippen LogP contribution in [-0.2, 0) is 13.2 Å². The SMILES string of the molecule is CNCc1ccc(OCc2ccc(Cl)c(F)c2)cn1.